The number of fused-ring (bicyclic) bond motifs is 1. The van der Waals surface area contributed by atoms with Gasteiger partial charge in [-0.1, -0.05) is 24.3 Å². The van der Waals surface area contributed by atoms with Gasteiger partial charge in [0.2, 0.25) is 6.41 Å². The molecule has 1 aliphatic rings. The molecule has 0 saturated carbocycles. The van der Waals surface area contributed by atoms with Crippen molar-refractivity contribution >= 4 is 23.2 Å². The Morgan fingerprint density at radius 3 is 3.00 bits per heavy atom. The molecule has 20 heavy (non-hydrogen) atoms. The lowest BCUT2D eigenvalue weighted by Crippen LogP contribution is -2.44. The van der Waals surface area contributed by atoms with E-state index >= 15 is 0 Å². The van der Waals surface area contributed by atoms with E-state index in [9.17, 15) is 9.59 Å². The minimum absolute atomic E-state index is 0.132. The van der Waals surface area contributed by atoms with E-state index < -0.39 is 0 Å². The number of amides is 2. The molecule has 3 rings (SSSR count). The average Bonchev–Trinajstić information content (AvgIpc) is 2.94. The lowest BCUT2D eigenvalue weighted by Gasteiger charge is -2.23. The van der Waals surface area contributed by atoms with Crippen molar-refractivity contribution in [3.63, 3.8) is 0 Å². The summed E-state index contributed by atoms with van der Waals surface area (Å²) in [5.74, 6) is -0.132. The van der Waals surface area contributed by atoms with Crippen LogP contribution in [-0.4, -0.2) is 34.9 Å². The van der Waals surface area contributed by atoms with Crippen molar-refractivity contribution in [2.24, 2.45) is 0 Å². The highest BCUT2D eigenvalue weighted by atomic mass is 16.2. The highest BCUT2D eigenvalue weighted by molar-refractivity contribution is 5.95. The summed E-state index contributed by atoms with van der Waals surface area (Å²) in [5.41, 5.74) is 1.22. The number of hydrogen-bond acceptors (Lipinski definition) is 3. The zero-order valence-electron chi connectivity index (χ0n) is 11.0. The van der Waals surface area contributed by atoms with Crippen molar-refractivity contribution in [3.05, 3.63) is 42.1 Å². The van der Waals surface area contributed by atoms with Gasteiger partial charge in [0.05, 0.1) is 5.52 Å². The number of carbonyl (C=O) groups excluding carboxylic acids is 2. The summed E-state index contributed by atoms with van der Waals surface area (Å²) in [4.78, 5) is 29.1. The third-order valence-electron chi connectivity index (χ3n) is 3.59. The summed E-state index contributed by atoms with van der Waals surface area (Å²) in [7, 11) is 0. The Balaban J connectivity index is 1.90. The SMILES string of the molecule is O=CNC1CCCN1C(=O)c1ccc2ccccc2n1. The highest BCUT2D eigenvalue weighted by Crippen LogP contribution is 2.19. The molecule has 2 aromatic rings. The first-order valence-corrected chi connectivity index (χ1v) is 6.66. The molecule has 1 fully saturated rings. The van der Waals surface area contributed by atoms with Gasteiger partial charge in [0.15, 0.2) is 0 Å². The molecule has 0 bridgehead atoms. The first-order chi connectivity index (χ1) is 9.79. The Labute approximate surface area is 116 Å². The molecular formula is C15H15N3O2. The Bertz CT molecular complexity index is 656. The largest absolute Gasteiger partial charge is 0.338 e. The number of para-hydroxylation sites is 1. The average molecular weight is 269 g/mol. The van der Waals surface area contributed by atoms with Gasteiger partial charge in [0, 0.05) is 11.9 Å². The number of carbonyl (C=O) groups is 2. The van der Waals surface area contributed by atoms with Gasteiger partial charge < -0.3 is 10.2 Å². The summed E-state index contributed by atoms with van der Waals surface area (Å²) < 4.78 is 0. The predicted molar refractivity (Wildman–Crippen MR) is 75.0 cm³/mol. The second-order valence-corrected chi connectivity index (χ2v) is 4.83. The van der Waals surface area contributed by atoms with Crippen LogP contribution in [0.1, 0.15) is 23.3 Å². The zero-order valence-corrected chi connectivity index (χ0v) is 11.0. The maximum absolute atomic E-state index is 12.5. The van der Waals surface area contributed by atoms with Gasteiger partial charge >= 0.3 is 0 Å². The molecule has 0 aliphatic carbocycles. The number of pyridine rings is 1. The number of aromatic nitrogens is 1. The Kier molecular flexibility index (Phi) is 3.33. The maximum Gasteiger partial charge on any atom is 0.274 e. The number of nitrogens with one attached hydrogen (secondary N) is 1. The first kappa shape index (κ1) is 12.6. The van der Waals surface area contributed by atoms with Gasteiger partial charge in [-0.3, -0.25) is 9.59 Å². The molecule has 1 aliphatic heterocycles. The van der Waals surface area contributed by atoms with Crippen molar-refractivity contribution in [1.82, 2.24) is 15.2 Å². The number of hydrogen-bond donors (Lipinski definition) is 1. The quantitative estimate of drug-likeness (QED) is 0.860. The summed E-state index contributed by atoms with van der Waals surface area (Å²) in [6.45, 7) is 0.652. The molecule has 5 nitrogen and oxygen atoms in total. The number of nitrogens with zero attached hydrogens (tertiary/aromatic N) is 2. The Morgan fingerprint density at radius 2 is 2.15 bits per heavy atom. The lowest BCUT2D eigenvalue weighted by molar-refractivity contribution is -0.110. The van der Waals surface area contributed by atoms with Crippen LogP contribution in [0.4, 0.5) is 0 Å². The third kappa shape index (κ3) is 2.22. The van der Waals surface area contributed by atoms with Gasteiger partial charge in [0.1, 0.15) is 11.9 Å². The normalized spacial score (nSPS) is 18.2. The second kappa shape index (κ2) is 5.28. The molecular weight excluding hydrogens is 254 g/mol. The Hall–Kier alpha value is -2.43. The second-order valence-electron chi connectivity index (χ2n) is 4.83. The van der Waals surface area contributed by atoms with Crippen LogP contribution in [0.3, 0.4) is 0 Å². The van der Waals surface area contributed by atoms with Crippen LogP contribution < -0.4 is 5.32 Å². The topological polar surface area (TPSA) is 62.3 Å². The molecule has 0 radical (unpaired) electrons. The van der Waals surface area contributed by atoms with Crippen molar-refractivity contribution in [1.29, 1.82) is 0 Å². The van der Waals surface area contributed by atoms with Gasteiger partial charge in [0.25, 0.3) is 5.91 Å². The molecule has 1 aromatic heterocycles. The van der Waals surface area contributed by atoms with Crippen LogP contribution in [0.25, 0.3) is 10.9 Å². The van der Waals surface area contributed by atoms with Crippen LogP contribution in [0.15, 0.2) is 36.4 Å². The van der Waals surface area contributed by atoms with Crippen molar-refractivity contribution in [2.75, 3.05) is 6.54 Å². The number of benzene rings is 1. The summed E-state index contributed by atoms with van der Waals surface area (Å²) in [5, 5.41) is 3.69. The number of likely N-dealkylation sites (tertiary alicyclic amines) is 1. The minimum atomic E-state index is -0.215. The van der Waals surface area contributed by atoms with Gasteiger partial charge in [-0.15, -0.1) is 0 Å². The minimum Gasteiger partial charge on any atom is -0.338 e. The third-order valence-corrected chi connectivity index (χ3v) is 3.59. The molecule has 102 valence electrons. The van der Waals surface area contributed by atoms with Crippen LogP contribution in [-0.2, 0) is 4.79 Å². The van der Waals surface area contributed by atoms with E-state index in [0.717, 1.165) is 23.7 Å². The van der Waals surface area contributed by atoms with Gasteiger partial charge in [-0.05, 0) is 25.0 Å². The zero-order chi connectivity index (χ0) is 13.9. The molecule has 1 N–H and O–H groups in total. The van der Waals surface area contributed by atoms with Crippen molar-refractivity contribution in [3.8, 4) is 0 Å². The number of rotatable bonds is 3. The van der Waals surface area contributed by atoms with Crippen molar-refractivity contribution in [2.45, 2.75) is 19.0 Å². The first-order valence-electron chi connectivity index (χ1n) is 6.66. The summed E-state index contributed by atoms with van der Waals surface area (Å²) in [6, 6.07) is 11.3. The fourth-order valence-electron chi connectivity index (χ4n) is 2.59. The molecule has 1 atom stereocenters. The van der Waals surface area contributed by atoms with E-state index in [-0.39, 0.29) is 12.1 Å². The standard InChI is InChI=1S/C15H15N3O2/c19-10-16-14-6-3-9-18(14)15(20)13-8-7-11-4-1-2-5-12(11)17-13/h1-2,4-5,7-8,10,14H,3,6,9H2,(H,16,19). The van der Waals surface area contributed by atoms with E-state index in [1.165, 1.54) is 0 Å². The fraction of sp³-hybridized carbons (Fsp3) is 0.267. The molecule has 0 spiro atoms. The smallest absolute Gasteiger partial charge is 0.274 e. The van der Waals surface area contributed by atoms with Crippen LogP contribution in [0.5, 0.6) is 0 Å². The van der Waals surface area contributed by atoms with Crippen LogP contribution in [0, 0.1) is 0 Å². The van der Waals surface area contributed by atoms with Gasteiger partial charge in [-0.25, -0.2) is 4.98 Å². The predicted octanol–water partition coefficient (Wildman–Crippen LogP) is 1.54. The fourth-order valence-corrected chi connectivity index (χ4v) is 2.59. The Morgan fingerprint density at radius 1 is 1.30 bits per heavy atom. The highest BCUT2D eigenvalue weighted by Gasteiger charge is 2.29. The van der Waals surface area contributed by atoms with E-state index in [1.807, 2.05) is 30.3 Å². The maximum atomic E-state index is 12.5. The van der Waals surface area contributed by atoms with Crippen LogP contribution in [0.2, 0.25) is 0 Å². The molecule has 1 unspecified atom stereocenters. The molecule has 1 saturated heterocycles. The lowest BCUT2D eigenvalue weighted by atomic mass is 10.2. The summed E-state index contributed by atoms with van der Waals surface area (Å²) in [6.07, 6.45) is 2.11. The van der Waals surface area contributed by atoms with E-state index in [4.69, 9.17) is 0 Å². The van der Waals surface area contributed by atoms with E-state index in [2.05, 4.69) is 10.3 Å². The molecule has 1 aromatic carbocycles. The molecule has 2 heterocycles. The van der Waals surface area contributed by atoms with Crippen molar-refractivity contribution < 1.29 is 9.59 Å². The molecule has 5 heteroatoms. The van der Waals surface area contributed by atoms with E-state index in [1.54, 1.807) is 11.0 Å². The van der Waals surface area contributed by atoms with E-state index in [0.29, 0.717) is 18.6 Å². The molecule has 2 amide bonds. The van der Waals surface area contributed by atoms with Crippen LogP contribution >= 0.6 is 0 Å². The summed E-state index contributed by atoms with van der Waals surface area (Å²) >= 11 is 0. The van der Waals surface area contributed by atoms with Gasteiger partial charge in [-0.2, -0.15) is 0 Å². The monoisotopic (exact) mass is 269 g/mol.